The second-order valence-electron chi connectivity index (χ2n) is 4.58. The van der Waals surface area contributed by atoms with Crippen LogP contribution in [-0.4, -0.2) is 15.8 Å². The molecule has 1 aromatic carbocycles. The minimum Gasteiger partial charge on any atom is -0.366 e. The fraction of sp³-hybridized carbons (Fsp3) is 0.286. The van der Waals surface area contributed by atoms with Gasteiger partial charge in [0.2, 0.25) is 0 Å². The second kappa shape index (κ2) is 6.57. The molecule has 0 radical (unpaired) electrons. The summed E-state index contributed by atoms with van der Waals surface area (Å²) in [7, 11) is 0. The lowest BCUT2D eigenvalue weighted by molar-refractivity contribution is 0.745. The third kappa shape index (κ3) is 3.11. The van der Waals surface area contributed by atoms with Crippen LogP contribution in [0, 0.1) is 11.3 Å². The molecule has 0 bridgehead atoms. The Morgan fingerprint density at radius 1 is 1.33 bits per heavy atom. The molecule has 7 heteroatoms. The van der Waals surface area contributed by atoms with Crippen LogP contribution in [0.5, 0.6) is 0 Å². The maximum Gasteiger partial charge on any atom is 0.148 e. The standard InChI is InChI=1S/C14H13Cl3N4/c1-3-8(2)20-14-9(6-18)7-19-21(14)11-5-4-10(15)12(16)13(11)17/h4-5,7-8,20H,3H2,1-2H3. The molecule has 21 heavy (non-hydrogen) atoms. The normalized spacial score (nSPS) is 12.0. The van der Waals surface area contributed by atoms with Gasteiger partial charge in [-0.05, 0) is 25.5 Å². The van der Waals surface area contributed by atoms with Gasteiger partial charge in [0.15, 0.2) is 0 Å². The van der Waals surface area contributed by atoms with Crippen LogP contribution >= 0.6 is 34.8 Å². The van der Waals surface area contributed by atoms with Gasteiger partial charge in [-0.25, -0.2) is 4.68 Å². The molecule has 1 heterocycles. The average Bonchev–Trinajstić information content (AvgIpc) is 2.87. The molecule has 0 saturated heterocycles. The molecule has 0 saturated carbocycles. The molecule has 0 aliphatic carbocycles. The number of hydrogen-bond acceptors (Lipinski definition) is 3. The van der Waals surface area contributed by atoms with Gasteiger partial charge in [0.25, 0.3) is 0 Å². The van der Waals surface area contributed by atoms with E-state index in [4.69, 9.17) is 34.8 Å². The van der Waals surface area contributed by atoms with Crippen molar-refractivity contribution in [3.63, 3.8) is 0 Å². The Morgan fingerprint density at radius 3 is 2.67 bits per heavy atom. The largest absolute Gasteiger partial charge is 0.366 e. The predicted molar refractivity (Wildman–Crippen MR) is 86.7 cm³/mol. The molecule has 2 aromatic rings. The zero-order valence-electron chi connectivity index (χ0n) is 11.5. The topological polar surface area (TPSA) is 53.6 Å². The summed E-state index contributed by atoms with van der Waals surface area (Å²) in [6.45, 7) is 4.07. The number of hydrogen-bond donors (Lipinski definition) is 1. The predicted octanol–water partition coefficient (Wildman–Crippen LogP) is 4.91. The zero-order chi connectivity index (χ0) is 15.6. The minimum absolute atomic E-state index is 0.189. The molecule has 4 nitrogen and oxygen atoms in total. The Labute approximate surface area is 138 Å². The van der Waals surface area contributed by atoms with Crippen LogP contribution in [0.2, 0.25) is 15.1 Å². The van der Waals surface area contributed by atoms with Crippen LogP contribution in [0.25, 0.3) is 5.69 Å². The lowest BCUT2D eigenvalue weighted by atomic mass is 10.2. The fourth-order valence-electron chi connectivity index (χ4n) is 1.77. The van der Waals surface area contributed by atoms with Crippen molar-refractivity contribution < 1.29 is 0 Å². The quantitative estimate of drug-likeness (QED) is 0.802. The van der Waals surface area contributed by atoms with E-state index in [1.54, 1.807) is 16.8 Å². The molecule has 110 valence electrons. The van der Waals surface area contributed by atoms with Gasteiger partial charge in [-0.2, -0.15) is 10.4 Å². The highest BCUT2D eigenvalue weighted by molar-refractivity contribution is 6.48. The van der Waals surface area contributed by atoms with Crippen molar-refractivity contribution in [2.45, 2.75) is 26.3 Å². The van der Waals surface area contributed by atoms with E-state index >= 15 is 0 Å². The zero-order valence-corrected chi connectivity index (χ0v) is 13.8. The van der Waals surface area contributed by atoms with E-state index in [1.807, 2.05) is 6.92 Å². The highest BCUT2D eigenvalue weighted by Crippen LogP contribution is 2.36. The number of aromatic nitrogens is 2. The van der Waals surface area contributed by atoms with E-state index in [2.05, 4.69) is 23.4 Å². The summed E-state index contributed by atoms with van der Waals surface area (Å²) < 4.78 is 1.56. The Hall–Kier alpha value is -1.41. The van der Waals surface area contributed by atoms with E-state index in [1.165, 1.54) is 6.20 Å². The number of nitrogens with zero attached hydrogens (tertiary/aromatic N) is 3. The van der Waals surface area contributed by atoms with Crippen LogP contribution in [0.3, 0.4) is 0 Å². The SMILES string of the molecule is CCC(C)Nc1c(C#N)cnn1-c1ccc(Cl)c(Cl)c1Cl. The van der Waals surface area contributed by atoms with Crippen molar-refractivity contribution in [3.05, 3.63) is 39.0 Å². The third-order valence-corrected chi connectivity index (χ3v) is 4.41. The van der Waals surface area contributed by atoms with Crippen LogP contribution in [-0.2, 0) is 0 Å². The summed E-state index contributed by atoms with van der Waals surface area (Å²) in [5.41, 5.74) is 1.01. The Kier molecular flexibility index (Phi) is 5.00. The monoisotopic (exact) mass is 342 g/mol. The van der Waals surface area contributed by atoms with Crippen LogP contribution < -0.4 is 5.32 Å². The molecular weight excluding hydrogens is 331 g/mol. The Balaban J connectivity index is 2.57. The van der Waals surface area contributed by atoms with Crippen molar-refractivity contribution in [1.82, 2.24) is 9.78 Å². The van der Waals surface area contributed by atoms with Gasteiger partial charge in [-0.3, -0.25) is 0 Å². The first-order chi connectivity index (χ1) is 9.99. The van der Waals surface area contributed by atoms with E-state index in [9.17, 15) is 5.26 Å². The van der Waals surface area contributed by atoms with E-state index in [0.29, 0.717) is 27.1 Å². The van der Waals surface area contributed by atoms with Crippen LogP contribution in [0.15, 0.2) is 18.3 Å². The Bertz CT molecular complexity index is 703. The van der Waals surface area contributed by atoms with Crippen molar-refractivity contribution in [2.75, 3.05) is 5.32 Å². The van der Waals surface area contributed by atoms with Gasteiger partial charge < -0.3 is 5.32 Å². The number of halogens is 3. The van der Waals surface area contributed by atoms with Gasteiger partial charge in [-0.1, -0.05) is 41.7 Å². The van der Waals surface area contributed by atoms with Crippen LogP contribution in [0.4, 0.5) is 5.82 Å². The molecule has 0 aliphatic rings. The van der Waals surface area contributed by atoms with Gasteiger partial charge in [0, 0.05) is 6.04 Å². The number of nitrogens with one attached hydrogen (secondary N) is 1. The number of benzene rings is 1. The van der Waals surface area contributed by atoms with E-state index in [0.717, 1.165) is 6.42 Å². The summed E-state index contributed by atoms with van der Waals surface area (Å²) in [4.78, 5) is 0. The molecule has 0 fully saturated rings. The molecule has 1 N–H and O–H groups in total. The molecule has 0 aliphatic heterocycles. The highest BCUT2D eigenvalue weighted by atomic mass is 35.5. The molecule has 0 spiro atoms. The molecule has 1 aromatic heterocycles. The Morgan fingerprint density at radius 2 is 2.05 bits per heavy atom. The summed E-state index contributed by atoms with van der Waals surface area (Å²) in [6, 6.07) is 5.66. The number of anilines is 1. The average molecular weight is 344 g/mol. The lowest BCUT2D eigenvalue weighted by Gasteiger charge is -2.16. The van der Waals surface area contributed by atoms with Gasteiger partial charge >= 0.3 is 0 Å². The smallest absolute Gasteiger partial charge is 0.148 e. The van der Waals surface area contributed by atoms with E-state index in [-0.39, 0.29) is 11.1 Å². The fourth-order valence-corrected chi connectivity index (χ4v) is 2.38. The molecule has 2 rings (SSSR count). The van der Waals surface area contributed by atoms with Crippen molar-refractivity contribution in [3.8, 4) is 11.8 Å². The summed E-state index contributed by atoms with van der Waals surface area (Å²) in [6.07, 6.45) is 2.40. The third-order valence-electron chi connectivity index (χ3n) is 3.13. The van der Waals surface area contributed by atoms with Crippen molar-refractivity contribution in [2.24, 2.45) is 0 Å². The summed E-state index contributed by atoms with van der Waals surface area (Å²) in [5, 5.41) is 17.6. The molecule has 1 unspecified atom stereocenters. The van der Waals surface area contributed by atoms with Gasteiger partial charge in [0.1, 0.15) is 17.5 Å². The van der Waals surface area contributed by atoms with Gasteiger partial charge in [-0.15, -0.1) is 0 Å². The maximum atomic E-state index is 9.21. The van der Waals surface area contributed by atoms with Gasteiger partial charge in [0.05, 0.1) is 27.0 Å². The van der Waals surface area contributed by atoms with E-state index < -0.39 is 0 Å². The van der Waals surface area contributed by atoms with Crippen molar-refractivity contribution in [1.29, 1.82) is 5.26 Å². The first-order valence-electron chi connectivity index (χ1n) is 6.38. The molecule has 1 atom stereocenters. The van der Waals surface area contributed by atoms with Crippen LogP contribution in [0.1, 0.15) is 25.8 Å². The second-order valence-corrected chi connectivity index (χ2v) is 5.74. The summed E-state index contributed by atoms with van der Waals surface area (Å²) >= 11 is 18.2. The minimum atomic E-state index is 0.189. The molecule has 0 amide bonds. The number of rotatable bonds is 4. The maximum absolute atomic E-state index is 9.21. The molecular formula is C14H13Cl3N4. The first kappa shape index (κ1) is 16.0. The number of nitriles is 1. The van der Waals surface area contributed by atoms with Crippen molar-refractivity contribution >= 4 is 40.6 Å². The lowest BCUT2D eigenvalue weighted by Crippen LogP contribution is -2.17. The summed E-state index contributed by atoms with van der Waals surface area (Å²) in [5.74, 6) is 0.590. The first-order valence-corrected chi connectivity index (χ1v) is 7.51. The highest BCUT2D eigenvalue weighted by Gasteiger charge is 2.18.